The Balaban J connectivity index is 1.58. The molecule has 1 unspecified atom stereocenters. The number of hydrogen-bond donors (Lipinski definition) is 6. The van der Waals surface area contributed by atoms with Gasteiger partial charge in [0.05, 0.1) is 6.61 Å². The maximum Gasteiger partial charge on any atom is 0.481 e. The summed E-state index contributed by atoms with van der Waals surface area (Å²) in [6.07, 6.45) is -3.58. The minimum absolute atomic E-state index is 0.0425. The van der Waals surface area contributed by atoms with Crippen LogP contribution < -0.4 is 20.6 Å². The van der Waals surface area contributed by atoms with Crippen LogP contribution in [0.4, 0.5) is 5.95 Å². The predicted octanol–water partition coefficient (Wildman–Crippen LogP) is -0.174. The predicted molar refractivity (Wildman–Crippen MR) is 132 cm³/mol. The zero-order valence-corrected chi connectivity index (χ0v) is 22.6. The first-order valence-electron chi connectivity index (χ1n) is 11.1. The Labute approximate surface area is 224 Å². The molecule has 0 spiro atoms. The second-order valence-electron chi connectivity index (χ2n) is 8.23. The summed E-state index contributed by atoms with van der Waals surface area (Å²) >= 11 is 5.88. The van der Waals surface area contributed by atoms with Gasteiger partial charge < -0.3 is 39.7 Å². The molecule has 39 heavy (non-hydrogen) atoms. The van der Waals surface area contributed by atoms with E-state index in [9.17, 15) is 23.9 Å². The minimum Gasteiger partial charge on any atom is -0.489 e. The van der Waals surface area contributed by atoms with Crippen LogP contribution in [0.25, 0.3) is 11.2 Å². The molecule has 20 heteroatoms. The molecule has 0 aliphatic carbocycles. The lowest BCUT2D eigenvalue weighted by Crippen LogP contribution is -2.39. The zero-order valence-electron chi connectivity index (χ0n) is 20.1. The van der Waals surface area contributed by atoms with Crippen molar-refractivity contribution in [1.29, 1.82) is 0 Å². The van der Waals surface area contributed by atoms with Crippen LogP contribution in [-0.4, -0.2) is 73.0 Å². The number of methoxy groups -OCH3 is 1. The van der Waals surface area contributed by atoms with Crippen LogP contribution >= 0.6 is 27.2 Å². The Bertz CT molecular complexity index is 1480. The molecule has 1 aromatic carbocycles. The van der Waals surface area contributed by atoms with Gasteiger partial charge in [-0.15, -0.1) is 0 Å². The van der Waals surface area contributed by atoms with Crippen molar-refractivity contribution >= 4 is 44.4 Å². The Kier molecular flexibility index (Phi) is 8.80. The molecule has 5 atom stereocenters. The summed E-state index contributed by atoms with van der Waals surface area (Å²) in [5, 5.41) is 11.5. The molecule has 3 heterocycles. The molecular formula is C19H25ClN5O12P2+. The highest BCUT2D eigenvalue weighted by molar-refractivity contribution is 7.60. The molecule has 0 saturated carbocycles. The lowest BCUT2D eigenvalue weighted by Gasteiger charge is -2.19. The maximum absolute atomic E-state index is 12.8. The van der Waals surface area contributed by atoms with Crippen molar-refractivity contribution in [1.82, 2.24) is 14.5 Å². The normalized spacial score (nSPS) is 23.2. The van der Waals surface area contributed by atoms with E-state index in [2.05, 4.69) is 18.8 Å². The first kappa shape index (κ1) is 29.6. The number of H-pyrrole nitrogens is 1. The van der Waals surface area contributed by atoms with Crippen molar-refractivity contribution in [3.63, 3.8) is 0 Å². The fourth-order valence-corrected chi connectivity index (χ4v) is 5.75. The fourth-order valence-electron chi connectivity index (χ4n) is 4.02. The quantitative estimate of drug-likeness (QED) is 0.122. The monoisotopic (exact) mass is 612 g/mol. The number of nitrogen functional groups attached to an aromatic ring is 1. The Morgan fingerprint density at radius 2 is 1.95 bits per heavy atom. The molecule has 1 aliphatic rings. The van der Waals surface area contributed by atoms with Crippen molar-refractivity contribution < 1.29 is 56.5 Å². The Morgan fingerprint density at radius 3 is 2.59 bits per heavy atom. The molecule has 17 nitrogen and oxygen atoms in total. The average molecular weight is 613 g/mol. The molecule has 1 saturated heterocycles. The number of aliphatic hydroxyl groups excluding tert-OH is 1. The van der Waals surface area contributed by atoms with Gasteiger partial charge in [-0.05, 0) is 24.3 Å². The van der Waals surface area contributed by atoms with Gasteiger partial charge >= 0.3 is 21.2 Å². The van der Waals surface area contributed by atoms with Crippen molar-refractivity contribution in [2.24, 2.45) is 0 Å². The first-order valence-corrected chi connectivity index (χ1v) is 14.5. The van der Waals surface area contributed by atoms with Crippen LogP contribution in [0.1, 0.15) is 6.23 Å². The molecule has 214 valence electrons. The van der Waals surface area contributed by atoms with Crippen LogP contribution in [0.15, 0.2) is 35.4 Å². The zero-order chi connectivity index (χ0) is 28.5. The summed E-state index contributed by atoms with van der Waals surface area (Å²) in [4.78, 5) is 46.5. The molecule has 1 aliphatic heterocycles. The number of benzene rings is 1. The standard InChI is InChI=1S/C19H24ClN5O12P2/c1-33-15-12(8-35-39(31,32)37-38(28,29)30)36-18(14(15)26)25-9-24(13-16(25)22-19(21)23-17(13)27)6-7-34-11-4-2-10(20)3-5-11/h2-5,9,12,14-15,18,26H,6-8H2,1H3,(H5-,21,22,23,27,28,29,30,31,32)/p+1/t12-,14-,15-,18-/m1/s1. The Hall–Kier alpha value is -2.40. The van der Waals surface area contributed by atoms with E-state index in [1.54, 1.807) is 24.3 Å². The number of phosphoric ester groups is 1. The number of imidazole rings is 1. The number of ether oxygens (including phenoxy) is 3. The molecule has 2 aromatic heterocycles. The first-order chi connectivity index (χ1) is 18.3. The third-order valence-electron chi connectivity index (χ3n) is 5.57. The van der Waals surface area contributed by atoms with Gasteiger partial charge in [0.25, 0.3) is 11.2 Å². The number of phosphoric acid groups is 2. The van der Waals surface area contributed by atoms with E-state index in [1.165, 1.54) is 22.6 Å². The van der Waals surface area contributed by atoms with E-state index >= 15 is 0 Å². The lowest BCUT2D eigenvalue weighted by molar-refractivity contribution is -0.673. The summed E-state index contributed by atoms with van der Waals surface area (Å²) in [7, 11) is -9.30. The van der Waals surface area contributed by atoms with E-state index in [4.69, 9.17) is 41.3 Å². The number of nitrogens with one attached hydrogen (secondary N) is 1. The van der Waals surface area contributed by atoms with Gasteiger partial charge in [-0.25, -0.2) is 13.7 Å². The van der Waals surface area contributed by atoms with Gasteiger partial charge in [0.2, 0.25) is 18.5 Å². The van der Waals surface area contributed by atoms with Crippen molar-refractivity contribution in [3.8, 4) is 5.75 Å². The number of anilines is 1. The summed E-state index contributed by atoms with van der Waals surface area (Å²) in [6, 6.07) is 6.67. The fraction of sp³-hybridized carbons (Fsp3) is 0.421. The van der Waals surface area contributed by atoms with Gasteiger partial charge in [0.15, 0.2) is 0 Å². The van der Waals surface area contributed by atoms with Crippen LogP contribution in [0, 0.1) is 0 Å². The average Bonchev–Trinajstić information content (AvgIpc) is 3.34. The lowest BCUT2D eigenvalue weighted by atomic mass is 10.1. The molecule has 0 bridgehead atoms. The SMILES string of the molecule is CO[C@H]1[C@@H](O)[C@H](n2c[n+](CCOc3ccc(Cl)cc3)c3c(=O)[nH]c(N)nc32)O[C@@H]1COP(=O)(O)OP(=O)(O)O. The number of rotatable bonds is 11. The molecule has 1 fully saturated rings. The summed E-state index contributed by atoms with van der Waals surface area (Å²) in [6.45, 7) is -0.465. The number of aromatic amines is 1. The van der Waals surface area contributed by atoms with E-state index in [-0.39, 0.29) is 30.3 Å². The number of aromatic nitrogens is 4. The van der Waals surface area contributed by atoms with Gasteiger partial charge in [-0.1, -0.05) is 11.6 Å². The van der Waals surface area contributed by atoms with E-state index < -0.39 is 52.4 Å². The molecule has 3 aromatic rings. The molecule has 4 rings (SSSR count). The van der Waals surface area contributed by atoms with Gasteiger partial charge in [0.1, 0.15) is 37.2 Å². The van der Waals surface area contributed by atoms with E-state index in [1.807, 2.05) is 0 Å². The second-order valence-corrected chi connectivity index (χ2v) is 11.5. The van der Waals surface area contributed by atoms with Gasteiger partial charge in [-0.3, -0.25) is 14.3 Å². The molecular weight excluding hydrogens is 588 g/mol. The van der Waals surface area contributed by atoms with Crippen molar-refractivity contribution in [3.05, 3.63) is 46.0 Å². The minimum atomic E-state index is -5.34. The molecule has 0 radical (unpaired) electrons. The summed E-state index contributed by atoms with van der Waals surface area (Å²) in [5.41, 5.74) is 5.30. The Morgan fingerprint density at radius 1 is 1.26 bits per heavy atom. The number of halogens is 1. The summed E-state index contributed by atoms with van der Waals surface area (Å²) in [5.74, 6) is 0.340. The number of fused-ring (bicyclic) bond motifs is 1. The number of nitrogens with zero attached hydrogens (tertiary/aromatic N) is 3. The van der Waals surface area contributed by atoms with Crippen LogP contribution in [0.2, 0.25) is 5.02 Å². The van der Waals surface area contributed by atoms with Crippen molar-refractivity contribution in [2.75, 3.05) is 26.1 Å². The van der Waals surface area contributed by atoms with E-state index in [0.29, 0.717) is 10.8 Å². The highest BCUT2D eigenvalue weighted by Gasteiger charge is 2.50. The highest BCUT2D eigenvalue weighted by atomic mass is 35.5. The topological polar surface area (TPSA) is 242 Å². The molecule has 7 N–H and O–H groups in total. The second kappa shape index (κ2) is 11.6. The molecule has 0 amide bonds. The summed E-state index contributed by atoms with van der Waals surface area (Å²) < 4.78 is 50.8. The number of nitrogens with two attached hydrogens (primary N) is 1. The smallest absolute Gasteiger partial charge is 0.481 e. The highest BCUT2D eigenvalue weighted by Crippen LogP contribution is 2.57. The van der Waals surface area contributed by atoms with Gasteiger partial charge in [-0.2, -0.15) is 13.9 Å². The van der Waals surface area contributed by atoms with E-state index in [0.717, 1.165) is 0 Å². The third kappa shape index (κ3) is 7.03. The third-order valence-corrected chi connectivity index (χ3v) is 7.98. The van der Waals surface area contributed by atoms with Crippen LogP contribution in [-0.2, 0) is 34.0 Å². The largest absolute Gasteiger partial charge is 0.489 e. The van der Waals surface area contributed by atoms with Crippen molar-refractivity contribution in [2.45, 2.75) is 31.1 Å². The number of hydrogen-bond acceptors (Lipinski definition) is 11. The van der Waals surface area contributed by atoms with Crippen LogP contribution in [0.3, 0.4) is 0 Å². The van der Waals surface area contributed by atoms with Crippen LogP contribution in [0.5, 0.6) is 5.75 Å². The van der Waals surface area contributed by atoms with Gasteiger partial charge in [0, 0.05) is 12.1 Å². The maximum atomic E-state index is 12.8. The number of aliphatic hydroxyl groups is 1.